The third kappa shape index (κ3) is 3.94. The summed E-state index contributed by atoms with van der Waals surface area (Å²) < 4.78 is 0. The van der Waals surface area contributed by atoms with E-state index >= 15 is 0 Å². The zero-order valence-electron chi connectivity index (χ0n) is 13.9. The van der Waals surface area contributed by atoms with Crippen molar-refractivity contribution >= 4 is 23.5 Å². The fraction of sp³-hybridized carbons (Fsp3) is 0.368. The second kappa shape index (κ2) is 7.42. The summed E-state index contributed by atoms with van der Waals surface area (Å²) in [4.78, 5) is 12.1. The number of oxime groups is 1. The Morgan fingerprint density at radius 1 is 1.20 bits per heavy atom. The first-order valence-electron chi connectivity index (χ1n) is 8.58. The van der Waals surface area contributed by atoms with Gasteiger partial charge in [0.1, 0.15) is 6.61 Å². The predicted octanol–water partition coefficient (Wildman–Crippen LogP) is 2.94. The molecule has 2 aromatic rings. The summed E-state index contributed by atoms with van der Waals surface area (Å²) in [5, 5.41) is 8.25. The van der Waals surface area contributed by atoms with Crippen LogP contribution in [0.2, 0.25) is 5.02 Å². The highest BCUT2D eigenvalue weighted by molar-refractivity contribution is 6.30. The van der Waals surface area contributed by atoms with Crippen molar-refractivity contribution < 1.29 is 4.84 Å². The molecule has 2 saturated heterocycles. The number of halogens is 1. The van der Waals surface area contributed by atoms with Crippen LogP contribution < -0.4 is 10.2 Å². The van der Waals surface area contributed by atoms with E-state index in [-0.39, 0.29) is 0 Å². The lowest BCUT2D eigenvalue weighted by atomic mass is 10.0. The van der Waals surface area contributed by atoms with Crippen molar-refractivity contribution in [1.29, 1.82) is 0 Å². The smallest absolute Gasteiger partial charge is 0.142 e. The fourth-order valence-electron chi connectivity index (χ4n) is 3.55. The first-order chi connectivity index (χ1) is 12.3. The normalized spacial score (nSPS) is 22.5. The molecule has 0 amide bonds. The topological polar surface area (TPSA) is 49.8 Å². The highest BCUT2D eigenvalue weighted by Gasteiger charge is 2.36. The van der Waals surface area contributed by atoms with Gasteiger partial charge in [0.25, 0.3) is 0 Å². The number of rotatable bonds is 5. The van der Waals surface area contributed by atoms with Gasteiger partial charge in [0, 0.05) is 43.0 Å². The summed E-state index contributed by atoms with van der Waals surface area (Å²) in [6.45, 7) is 4.89. The van der Waals surface area contributed by atoms with Gasteiger partial charge >= 0.3 is 0 Å². The van der Waals surface area contributed by atoms with Crippen LogP contribution in [0.25, 0.3) is 0 Å². The van der Waals surface area contributed by atoms with E-state index in [0.717, 1.165) is 59.9 Å². The summed E-state index contributed by atoms with van der Waals surface area (Å²) in [7, 11) is 0. The molecule has 0 bridgehead atoms. The van der Waals surface area contributed by atoms with Gasteiger partial charge in [0.05, 0.1) is 18.1 Å². The number of hydrogen-bond acceptors (Lipinski definition) is 5. The summed E-state index contributed by atoms with van der Waals surface area (Å²) >= 11 is 5.87. The van der Waals surface area contributed by atoms with Crippen molar-refractivity contribution in [2.24, 2.45) is 17.0 Å². The van der Waals surface area contributed by atoms with Crippen molar-refractivity contribution in [2.75, 3.05) is 31.1 Å². The Balaban J connectivity index is 1.34. The first-order valence-corrected chi connectivity index (χ1v) is 8.96. The van der Waals surface area contributed by atoms with E-state index in [1.165, 1.54) is 0 Å². The molecule has 5 nitrogen and oxygen atoms in total. The highest BCUT2D eigenvalue weighted by atomic mass is 35.5. The number of fused-ring (bicyclic) bond motifs is 1. The van der Waals surface area contributed by atoms with Gasteiger partial charge in [-0.3, -0.25) is 4.98 Å². The molecule has 0 radical (unpaired) electrons. The van der Waals surface area contributed by atoms with Crippen molar-refractivity contribution in [2.45, 2.75) is 6.61 Å². The molecule has 2 aliphatic heterocycles. The predicted molar refractivity (Wildman–Crippen MR) is 100 cm³/mol. The Hall–Kier alpha value is -2.11. The number of pyridine rings is 1. The van der Waals surface area contributed by atoms with Crippen LogP contribution in [0.4, 0.5) is 5.69 Å². The van der Waals surface area contributed by atoms with Gasteiger partial charge in [-0.05, 0) is 35.6 Å². The Morgan fingerprint density at radius 2 is 1.96 bits per heavy atom. The number of nitrogens with zero attached hydrogens (tertiary/aromatic N) is 3. The summed E-state index contributed by atoms with van der Waals surface area (Å²) in [5.41, 5.74) is 3.14. The zero-order valence-corrected chi connectivity index (χ0v) is 14.7. The van der Waals surface area contributed by atoms with Gasteiger partial charge in [-0.15, -0.1) is 0 Å². The lowest BCUT2D eigenvalue weighted by molar-refractivity contribution is 0.132. The van der Waals surface area contributed by atoms with E-state index in [1.807, 2.05) is 30.5 Å². The minimum atomic E-state index is 0.420. The van der Waals surface area contributed by atoms with Crippen molar-refractivity contribution in [3.63, 3.8) is 0 Å². The van der Waals surface area contributed by atoms with E-state index in [4.69, 9.17) is 16.4 Å². The standard InChI is InChI=1S/C19H21ClN4O/c20-18-3-1-14(2-4-18)13-25-23-7-15-5-19(10-21-6-15)24-11-16-8-22-9-17(16)12-24/h1-7,10,16-17,22H,8-9,11-13H2/b23-7+/t16-,17+. The molecule has 2 aliphatic rings. The Labute approximate surface area is 152 Å². The molecule has 4 rings (SSSR count). The fourth-order valence-corrected chi connectivity index (χ4v) is 3.67. The molecule has 25 heavy (non-hydrogen) atoms. The molecule has 0 spiro atoms. The van der Waals surface area contributed by atoms with Crippen molar-refractivity contribution in [3.8, 4) is 0 Å². The quantitative estimate of drug-likeness (QED) is 0.661. The lowest BCUT2D eigenvalue weighted by Gasteiger charge is -2.19. The van der Waals surface area contributed by atoms with E-state index < -0.39 is 0 Å². The van der Waals surface area contributed by atoms with Crippen LogP contribution in [0.5, 0.6) is 0 Å². The minimum Gasteiger partial charge on any atom is -0.391 e. The van der Waals surface area contributed by atoms with Crippen LogP contribution >= 0.6 is 11.6 Å². The van der Waals surface area contributed by atoms with Crippen LogP contribution in [0, 0.1) is 11.8 Å². The molecular formula is C19H21ClN4O. The van der Waals surface area contributed by atoms with Crippen molar-refractivity contribution in [3.05, 3.63) is 58.9 Å². The Morgan fingerprint density at radius 3 is 2.72 bits per heavy atom. The summed E-state index contributed by atoms with van der Waals surface area (Å²) in [6, 6.07) is 9.67. The van der Waals surface area contributed by atoms with E-state index in [9.17, 15) is 0 Å². The number of nitrogens with one attached hydrogen (secondary N) is 1. The number of benzene rings is 1. The van der Waals surface area contributed by atoms with Crippen LogP contribution in [-0.4, -0.2) is 37.4 Å². The van der Waals surface area contributed by atoms with Gasteiger partial charge in [-0.1, -0.05) is 28.9 Å². The first kappa shape index (κ1) is 16.4. The summed E-state index contributed by atoms with van der Waals surface area (Å²) in [6.07, 6.45) is 5.45. The van der Waals surface area contributed by atoms with E-state index in [1.54, 1.807) is 12.4 Å². The minimum absolute atomic E-state index is 0.420. The molecule has 6 heteroatoms. The average Bonchev–Trinajstić information content (AvgIpc) is 3.22. The second-order valence-electron chi connectivity index (χ2n) is 6.69. The van der Waals surface area contributed by atoms with Gasteiger partial charge in [0.2, 0.25) is 0 Å². The number of anilines is 1. The van der Waals surface area contributed by atoms with E-state index in [2.05, 4.69) is 26.4 Å². The SMILES string of the molecule is Clc1ccc(CO/N=C/c2cncc(N3C[C@H]4CNC[C@H]4C3)c2)cc1. The van der Waals surface area contributed by atoms with Gasteiger partial charge in [-0.2, -0.15) is 0 Å². The molecule has 2 atom stereocenters. The molecule has 1 aromatic heterocycles. The van der Waals surface area contributed by atoms with Crippen LogP contribution in [0.1, 0.15) is 11.1 Å². The molecule has 130 valence electrons. The Kier molecular flexibility index (Phi) is 4.85. The lowest BCUT2D eigenvalue weighted by Crippen LogP contribution is -2.25. The molecule has 0 aliphatic carbocycles. The number of aromatic nitrogens is 1. The molecule has 0 unspecified atom stereocenters. The van der Waals surface area contributed by atoms with Gasteiger partial charge in [0.15, 0.2) is 0 Å². The van der Waals surface area contributed by atoms with Crippen LogP contribution in [0.15, 0.2) is 47.9 Å². The number of hydrogen-bond donors (Lipinski definition) is 1. The molecule has 1 N–H and O–H groups in total. The monoisotopic (exact) mass is 356 g/mol. The Bertz CT molecular complexity index is 737. The molecule has 2 fully saturated rings. The molecular weight excluding hydrogens is 336 g/mol. The van der Waals surface area contributed by atoms with Gasteiger partial charge < -0.3 is 15.1 Å². The van der Waals surface area contributed by atoms with Crippen molar-refractivity contribution in [1.82, 2.24) is 10.3 Å². The van der Waals surface area contributed by atoms with Crippen LogP contribution in [-0.2, 0) is 11.4 Å². The maximum absolute atomic E-state index is 5.87. The highest BCUT2D eigenvalue weighted by Crippen LogP contribution is 2.30. The third-order valence-electron chi connectivity index (χ3n) is 4.92. The molecule has 3 heterocycles. The third-order valence-corrected chi connectivity index (χ3v) is 5.17. The van der Waals surface area contributed by atoms with Crippen LogP contribution in [0.3, 0.4) is 0 Å². The zero-order chi connectivity index (χ0) is 17.1. The second-order valence-corrected chi connectivity index (χ2v) is 7.13. The molecule has 0 saturated carbocycles. The maximum Gasteiger partial charge on any atom is 0.142 e. The summed E-state index contributed by atoms with van der Waals surface area (Å²) in [5.74, 6) is 1.53. The molecule has 1 aromatic carbocycles. The average molecular weight is 357 g/mol. The van der Waals surface area contributed by atoms with Gasteiger partial charge in [-0.25, -0.2) is 0 Å². The van der Waals surface area contributed by atoms with E-state index in [0.29, 0.717) is 6.61 Å². The largest absolute Gasteiger partial charge is 0.391 e. The maximum atomic E-state index is 5.87.